The summed E-state index contributed by atoms with van der Waals surface area (Å²) in [6.07, 6.45) is 3.04. The highest BCUT2D eigenvalue weighted by atomic mass is 32.2. The Kier molecular flexibility index (Phi) is 5.53. The maximum absolute atomic E-state index is 13.1. The Bertz CT molecular complexity index is 854. The van der Waals surface area contributed by atoms with Gasteiger partial charge in [-0.3, -0.25) is 14.9 Å². The summed E-state index contributed by atoms with van der Waals surface area (Å²) < 4.78 is 27.5. The maximum atomic E-state index is 13.1. The molecule has 0 aliphatic carbocycles. The van der Waals surface area contributed by atoms with Crippen molar-refractivity contribution in [2.75, 3.05) is 26.2 Å². The monoisotopic (exact) mass is 395 g/mol. The molecular formula is C18H25N3O5S. The van der Waals surface area contributed by atoms with Crippen LogP contribution >= 0.6 is 0 Å². The van der Waals surface area contributed by atoms with Gasteiger partial charge < -0.3 is 4.90 Å². The lowest BCUT2D eigenvalue weighted by atomic mass is 9.97. The highest BCUT2D eigenvalue weighted by molar-refractivity contribution is 7.89. The number of carbonyl (C=O) groups excluding carboxylic acids is 1. The molecule has 2 heterocycles. The largest absolute Gasteiger partial charge is 0.342 e. The number of carbonyl (C=O) groups is 1. The minimum absolute atomic E-state index is 0.0153. The summed E-state index contributed by atoms with van der Waals surface area (Å²) in [6, 6.07) is 2.52. The Morgan fingerprint density at radius 3 is 2.26 bits per heavy atom. The third-order valence-electron chi connectivity index (χ3n) is 5.65. The Morgan fingerprint density at radius 1 is 1.11 bits per heavy atom. The van der Waals surface area contributed by atoms with Gasteiger partial charge >= 0.3 is 0 Å². The van der Waals surface area contributed by atoms with Gasteiger partial charge in [0, 0.05) is 44.2 Å². The van der Waals surface area contributed by atoms with E-state index in [4.69, 9.17) is 0 Å². The molecule has 0 N–H and O–H groups in total. The summed E-state index contributed by atoms with van der Waals surface area (Å²) in [7, 11) is -3.84. The van der Waals surface area contributed by atoms with Crippen LogP contribution in [0.5, 0.6) is 0 Å². The fraction of sp³-hybridized carbons (Fsp3) is 0.611. The van der Waals surface area contributed by atoms with Gasteiger partial charge in [0.2, 0.25) is 15.9 Å². The molecule has 0 aromatic heterocycles. The number of rotatable bonds is 4. The van der Waals surface area contributed by atoms with Crippen LogP contribution < -0.4 is 0 Å². The van der Waals surface area contributed by atoms with Gasteiger partial charge in [0.25, 0.3) is 5.69 Å². The first-order valence-electron chi connectivity index (χ1n) is 9.26. The summed E-state index contributed by atoms with van der Waals surface area (Å²) in [6.45, 7) is 5.44. The van der Waals surface area contributed by atoms with Crippen molar-refractivity contribution in [3.63, 3.8) is 0 Å². The number of hydrogen-bond donors (Lipinski definition) is 0. The molecule has 2 saturated heterocycles. The summed E-state index contributed by atoms with van der Waals surface area (Å²) in [5, 5.41) is 11.1. The van der Waals surface area contributed by atoms with Crippen LogP contribution in [0.2, 0.25) is 0 Å². The second-order valence-electron chi connectivity index (χ2n) is 7.35. The van der Waals surface area contributed by atoms with Crippen molar-refractivity contribution in [3.8, 4) is 0 Å². The molecule has 0 atom stereocenters. The number of non-ortho nitro benzene ring substituents is 1. The Balaban J connectivity index is 1.77. The van der Waals surface area contributed by atoms with Crippen molar-refractivity contribution < 1.29 is 18.1 Å². The van der Waals surface area contributed by atoms with E-state index in [2.05, 4.69) is 0 Å². The van der Waals surface area contributed by atoms with Crippen LogP contribution in [0.25, 0.3) is 0 Å². The molecule has 0 radical (unpaired) electrons. The van der Waals surface area contributed by atoms with Crippen molar-refractivity contribution in [3.05, 3.63) is 33.4 Å². The molecule has 27 heavy (non-hydrogen) atoms. The highest BCUT2D eigenvalue weighted by Gasteiger charge is 2.35. The molecule has 1 aromatic carbocycles. The second kappa shape index (κ2) is 7.55. The van der Waals surface area contributed by atoms with E-state index < -0.39 is 14.9 Å². The molecule has 0 unspecified atom stereocenters. The second-order valence-corrected chi connectivity index (χ2v) is 9.26. The highest BCUT2D eigenvalue weighted by Crippen LogP contribution is 2.31. The van der Waals surface area contributed by atoms with Crippen molar-refractivity contribution in [1.82, 2.24) is 9.21 Å². The molecule has 0 saturated carbocycles. The fourth-order valence-electron chi connectivity index (χ4n) is 3.86. The Morgan fingerprint density at radius 2 is 1.70 bits per heavy atom. The molecule has 0 spiro atoms. The number of benzene rings is 1. The minimum atomic E-state index is -3.84. The molecular weight excluding hydrogens is 370 g/mol. The lowest BCUT2D eigenvalue weighted by molar-refractivity contribution is -0.385. The van der Waals surface area contributed by atoms with Crippen LogP contribution in [0.15, 0.2) is 17.0 Å². The first-order valence-corrected chi connectivity index (χ1v) is 10.7. The van der Waals surface area contributed by atoms with Gasteiger partial charge in [0.1, 0.15) is 0 Å². The van der Waals surface area contributed by atoms with E-state index in [9.17, 15) is 23.3 Å². The zero-order chi connectivity index (χ0) is 19.8. The summed E-state index contributed by atoms with van der Waals surface area (Å²) >= 11 is 0. The number of nitro groups is 1. The van der Waals surface area contributed by atoms with E-state index in [1.54, 1.807) is 13.8 Å². The Labute approximate surface area is 159 Å². The SMILES string of the molecule is Cc1cc([N+](=O)[O-])cc(S(=O)(=O)N2CCC(C(=O)N3CCCC3)CC2)c1C. The predicted octanol–water partition coefficient (Wildman–Crippen LogP) is 2.23. The number of aryl methyl sites for hydroxylation is 1. The molecule has 9 heteroatoms. The zero-order valence-electron chi connectivity index (χ0n) is 15.7. The summed E-state index contributed by atoms with van der Waals surface area (Å²) in [4.78, 5) is 24.9. The molecule has 3 rings (SSSR count). The number of hydrogen-bond acceptors (Lipinski definition) is 5. The Hall–Kier alpha value is -2.00. The van der Waals surface area contributed by atoms with Gasteiger partial charge in [0.05, 0.1) is 9.82 Å². The van der Waals surface area contributed by atoms with E-state index in [0.29, 0.717) is 24.0 Å². The average molecular weight is 395 g/mol. The standard InChI is InChI=1S/C18H25N3O5S/c1-13-11-16(21(23)24)12-17(14(13)2)27(25,26)20-9-5-15(6-10-20)18(22)19-7-3-4-8-19/h11-12,15H,3-10H2,1-2H3. The molecule has 0 bridgehead atoms. The van der Waals surface area contributed by atoms with Crippen molar-refractivity contribution in [2.24, 2.45) is 5.92 Å². The first kappa shape index (κ1) is 19.8. The molecule has 148 valence electrons. The molecule has 1 aromatic rings. The topological polar surface area (TPSA) is 101 Å². The van der Waals surface area contributed by atoms with Crippen molar-refractivity contribution in [2.45, 2.75) is 44.4 Å². The van der Waals surface area contributed by atoms with E-state index in [0.717, 1.165) is 32.0 Å². The lowest BCUT2D eigenvalue weighted by Gasteiger charge is -2.32. The zero-order valence-corrected chi connectivity index (χ0v) is 16.5. The fourth-order valence-corrected chi connectivity index (χ4v) is 5.65. The first-order chi connectivity index (χ1) is 12.7. The minimum Gasteiger partial charge on any atom is -0.342 e. The quantitative estimate of drug-likeness (QED) is 0.575. The van der Waals surface area contributed by atoms with Crippen LogP contribution in [0.3, 0.4) is 0 Å². The number of nitrogens with zero attached hydrogens (tertiary/aromatic N) is 3. The lowest BCUT2D eigenvalue weighted by Crippen LogP contribution is -2.43. The van der Waals surface area contributed by atoms with Crippen LogP contribution in [-0.4, -0.2) is 54.6 Å². The van der Waals surface area contributed by atoms with E-state index >= 15 is 0 Å². The molecule has 1 amide bonds. The third kappa shape index (κ3) is 3.84. The van der Waals surface area contributed by atoms with E-state index in [1.165, 1.54) is 10.4 Å². The van der Waals surface area contributed by atoms with Crippen molar-refractivity contribution >= 4 is 21.6 Å². The van der Waals surface area contributed by atoms with Gasteiger partial charge in [-0.2, -0.15) is 4.31 Å². The number of likely N-dealkylation sites (tertiary alicyclic amines) is 1. The number of sulfonamides is 1. The molecule has 2 aliphatic heterocycles. The van der Waals surface area contributed by atoms with Gasteiger partial charge in [0.15, 0.2) is 0 Å². The van der Waals surface area contributed by atoms with Gasteiger partial charge in [-0.1, -0.05) is 0 Å². The van der Waals surface area contributed by atoms with Crippen LogP contribution in [0.1, 0.15) is 36.8 Å². The number of amides is 1. The smallest absolute Gasteiger partial charge is 0.271 e. The molecule has 8 nitrogen and oxygen atoms in total. The maximum Gasteiger partial charge on any atom is 0.271 e. The van der Waals surface area contributed by atoms with Crippen molar-refractivity contribution in [1.29, 1.82) is 0 Å². The van der Waals surface area contributed by atoms with Gasteiger partial charge in [-0.15, -0.1) is 0 Å². The molecule has 2 aliphatic rings. The third-order valence-corrected chi connectivity index (χ3v) is 7.68. The average Bonchev–Trinajstić information content (AvgIpc) is 3.17. The van der Waals surface area contributed by atoms with Crippen LogP contribution in [-0.2, 0) is 14.8 Å². The number of piperidine rings is 1. The van der Waals surface area contributed by atoms with E-state index in [-0.39, 0.29) is 35.5 Å². The number of nitro benzene ring substituents is 1. The summed E-state index contributed by atoms with van der Waals surface area (Å²) in [5.41, 5.74) is 0.869. The van der Waals surface area contributed by atoms with Gasteiger partial charge in [-0.25, -0.2) is 8.42 Å². The van der Waals surface area contributed by atoms with Gasteiger partial charge in [-0.05, 0) is 50.7 Å². The van der Waals surface area contributed by atoms with Crippen LogP contribution in [0, 0.1) is 29.9 Å². The van der Waals surface area contributed by atoms with Crippen LogP contribution in [0.4, 0.5) is 5.69 Å². The normalized spacial score (nSPS) is 19.4. The van der Waals surface area contributed by atoms with E-state index in [1.807, 2.05) is 4.90 Å². The summed E-state index contributed by atoms with van der Waals surface area (Å²) in [5.74, 6) is -0.00517. The molecule has 2 fully saturated rings. The predicted molar refractivity (Wildman–Crippen MR) is 99.9 cm³/mol.